The maximum atomic E-state index is 13.3. The normalized spacial score (nSPS) is 14.4. The second-order valence-electron chi connectivity index (χ2n) is 8.93. The number of halogens is 1. The molecular formula is C26H27ClN6O2S. The van der Waals surface area contributed by atoms with Crippen LogP contribution in [0.2, 0.25) is 5.02 Å². The van der Waals surface area contributed by atoms with E-state index in [1.54, 1.807) is 30.7 Å². The van der Waals surface area contributed by atoms with E-state index in [4.69, 9.17) is 11.6 Å². The average Bonchev–Trinajstić information content (AvgIpc) is 3.23. The zero-order valence-corrected chi connectivity index (χ0v) is 21.8. The minimum absolute atomic E-state index is 0.156. The summed E-state index contributed by atoms with van der Waals surface area (Å²) in [6.45, 7) is 6.64. The third-order valence-corrected chi connectivity index (χ3v) is 8.04. The van der Waals surface area contributed by atoms with Crippen molar-refractivity contribution in [2.75, 3.05) is 31.1 Å². The van der Waals surface area contributed by atoms with Crippen molar-refractivity contribution in [3.8, 4) is 0 Å². The van der Waals surface area contributed by atoms with Crippen LogP contribution in [0.3, 0.4) is 0 Å². The molecule has 8 nitrogen and oxygen atoms in total. The van der Waals surface area contributed by atoms with E-state index in [0.717, 1.165) is 60.2 Å². The van der Waals surface area contributed by atoms with E-state index in [-0.39, 0.29) is 16.9 Å². The lowest BCUT2D eigenvalue weighted by Crippen LogP contribution is -2.46. The molecule has 1 saturated heterocycles. The third-order valence-electron chi connectivity index (χ3n) is 6.53. The standard InChI is InChI=1S/C26H27ClN6O2S/c1-17-21(16-32-10-12-33(13-11-32)26-28-8-3-9-29-26)36-24-22(17)31(2)15-20(23(24)34)25(35)30-14-18-4-6-19(27)7-5-18/h3-9,15H,10-14,16H2,1-2H3,(H,30,35). The van der Waals surface area contributed by atoms with E-state index in [2.05, 4.69) is 32.0 Å². The molecule has 0 atom stereocenters. The summed E-state index contributed by atoms with van der Waals surface area (Å²) in [7, 11) is 1.89. The van der Waals surface area contributed by atoms with Gasteiger partial charge >= 0.3 is 0 Å². The number of fused-ring (bicyclic) bond motifs is 1. The van der Waals surface area contributed by atoms with Crippen LogP contribution in [-0.2, 0) is 20.1 Å². The summed E-state index contributed by atoms with van der Waals surface area (Å²) in [6, 6.07) is 9.08. The first-order valence-corrected chi connectivity index (χ1v) is 13.0. The van der Waals surface area contributed by atoms with Gasteiger partial charge in [0, 0.05) is 74.8 Å². The molecule has 4 heterocycles. The molecule has 0 unspecified atom stereocenters. The molecule has 1 N–H and O–H groups in total. The zero-order chi connectivity index (χ0) is 25.2. The van der Waals surface area contributed by atoms with Crippen molar-refractivity contribution in [3.63, 3.8) is 0 Å². The highest BCUT2D eigenvalue weighted by Gasteiger charge is 2.23. The number of aromatic nitrogens is 3. The Hall–Kier alpha value is -3.27. The topological polar surface area (TPSA) is 83.4 Å². The summed E-state index contributed by atoms with van der Waals surface area (Å²) in [5.41, 5.74) is 2.84. The van der Waals surface area contributed by atoms with Crippen LogP contribution < -0.4 is 15.6 Å². The number of anilines is 1. The number of rotatable bonds is 6. The van der Waals surface area contributed by atoms with Gasteiger partial charge < -0.3 is 14.8 Å². The van der Waals surface area contributed by atoms with Gasteiger partial charge in [0.2, 0.25) is 11.4 Å². The van der Waals surface area contributed by atoms with E-state index >= 15 is 0 Å². The predicted molar refractivity (Wildman–Crippen MR) is 144 cm³/mol. The molecule has 0 bridgehead atoms. The number of amides is 1. The minimum atomic E-state index is -0.376. The maximum absolute atomic E-state index is 13.3. The van der Waals surface area contributed by atoms with E-state index in [1.165, 1.54) is 11.3 Å². The molecule has 5 rings (SSSR count). The Kier molecular flexibility index (Phi) is 7.04. The van der Waals surface area contributed by atoms with Crippen LogP contribution >= 0.6 is 22.9 Å². The number of carbonyl (C=O) groups excluding carboxylic acids is 1. The van der Waals surface area contributed by atoms with Crippen molar-refractivity contribution in [1.82, 2.24) is 24.8 Å². The molecule has 1 fully saturated rings. The van der Waals surface area contributed by atoms with Crippen LogP contribution in [0.1, 0.15) is 26.4 Å². The number of nitrogens with zero attached hydrogens (tertiary/aromatic N) is 5. The Labute approximate surface area is 218 Å². The summed E-state index contributed by atoms with van der Waals surface area (Å²) in [5, 5.41) is 3.50. The molecule has 186 valence electrons. The smallest absolute Gasteiger partial charge is 0.257 e. The largest absolute Gasteiger partial charge is 0.349 e. The first kappa shape index (κ1) is 24.4. The van der Waals surface area contributed by atoms with Gasteiger partial charge in [-0.2, -0.15) is 0 Å². The number of carbonyl (C=O) groups is 1. The van der Waals surface area contributed by atoms with Gasteiger partial charge in [-0.25, -0.2) is 9.97 Å². The lowest BCUT2D eigenvalue weighted by atomic mass is 10.1. The van der Waals surface area contributed by atoms with E-state index < -0.39 is 0 Å². The fourth-order valence-corrected chi connectivity index (χ4v) is 5.99. The molecule has 0 spiro atoms. The molecule has 36 heavy (non-hydrogen) atoms. The summed E-state index contributed by atoms with van der Waals surface area (Å²) in [5.74, 6) is 0.388. The average molecular weight is 523 g/mol. The fraction of sp³-hybridized carbons (Fsp3) is 0.308. The molecule has 0 saturated carbocycles. The summed E-state index contributed by atoms with van der Waals surface area (Å²) < 4.78 is 2.52. The van der Waals surface area contributed by atoms with Crippen LogP contribution in [0, 0.1) is 6.92 Å². The molecule has 3 aromatic heterocycles. The van der Waals surface area contributed by atoms with E-state index in [1.807, 2.05) is 29.8 Å². The zero-order valence-electron chi connectivity index (χ0n) is 20.2. The molecule has 0 aliphatic carbocycles. The highest BCUT2D eigenvalue weighted by molar-refractivity contribution is 7.19. The number of hydrogen-bond acceptors (Lipinski definition) is 7. The Morgan fingerprint density at radius 2 is 1.81 bits per heavy atom. The molecule has 1 amide bonds. The molecule has 10 heteroatoms. The predicted octanol–water partition coefficient (Wildman–Crippen LogP) is 3.60. The second kappa shape index (κ2) is 10.4. The van der Waals surface area contributed by atoms with Crippen molar-refractivity contribution in [2.45, 2.75) is 20.0 Å². The SMILES string of the molecule is Cc1c(CN2CCN(c3ncccn3)CC2)sc2c(=O)c(C(=O)NCc3ccc(Cl)cc3)cn(C)c12. The first-order valence-electron chi connectivity index (χ1n) is 11.8. The number of piperazine rings is 1. The number of nitrogens with one attached hydrogen (secondary N) is 1. The van der Waals surface area contributed by atoms with E-state index in [0.29, 0.717) is 16.3 Å². The Morgan fingerprint density at radius 3 is 2.50 bits per heavy atom. The van der Waals surface area contributed by atoms with Gasteiger partial charge in [0.1, 0.15) is 5.56 Å². The number of thiophene rings is 1. The van der Waals surface area contributed by atoms with Crippen molar-refractivity contribution in [3.05, 3.63) is 85.7 Å². The quantitative estimate of drug-likeness (QED) is 0.416. The van der Waals surface area contributed by atoms with Crippen molar-refractivity contribution < 1.29 is 4.79 Å². The number of pyridine rings is 1. The van der Waals surface area contributed by atoms with Crippen LogP contribution in [0.15, 0.2) is 53.7 Å². The fourth-order valence-electron chi connectivity index (χ4n) is 4.52. The lowest BCUT2D eigenvalue weighted by Gasteiger charge is -2.34. The van der Waals surface area contributed by atoms with Gasteiger partial charge in [-0.1, -0.05) is 23.7 Å². The maximum Gasteiger partial charge on any atom is 0.257 e. The highest BCUT2D eigenvalue weighted by atomic mass is 35.5. The van der Waals surface area contributed by atoms with Crippen molar-refractivity contribution in [1.29, 1.82) is 0 Å². The molecule has 1 aliphatic heterocycles. The lowest BCUT2D eigenvalue weighted by molar-refractivity contribution is 0.0949. The Balaban J connectivity index is 1.31. The summed E-state index contributed by atoms with van der Waals surface area (Å²) in [4.78, 5) is 40.7. The van der Waals surface area contributed by atoms with Crippen LogP contribution in [0.5, 0.6) is 0 Å². The number of aryl methyl sites for hydroxylation is 2. The number of benzene rings is 1. The Morgan fingerprint density at radius 1 is 1.11 bits per heavy atom. The van der Waals surface area contributed by atoms with Crippen LogP contribution in [-0.4, -0.2) is 51.5 Å². The second-order valence-corrected chi connectivity index (χ2v) is 10.5. The molecule has 4 aromatic rings. The Bertz CT molecular complexity index is 1440. The van der Waals surface area contributed by atoms with Gasteiger partial charge in [0.15, 0.2) is 0 Å². The monoisotopic (exact) mass is 522 g/mol. The first-order chi connectivity index (χ1) is 17.4. The van der Waals surface area contributed by atoms with Crippen LogP contribution in [0.4, 0.5) is 5.95 Å². The molecule has 1 aromatic carbocycles. The molecular weight excluding hydrogens is 496 g/mol. The number of hydrogen-bond donors (Lipinski definition) is 1. The van der Waals surface area contributed by atoms with Gasteiger partial charge in [0.05, 0.1) is 10.2 Å². The van der Waals surface area contributed by atoms with Gasteiger partial charge in [-0.3, -0.25) is 14.5 Å². The van der Waals surface area contributed by atoms with Crippen LogP contribution in [0.25, 0.3) is 10.2 Å². The van der Waals surface area contributed by atoms with E-state index in [9.17, 15) is 9.59 Å². The molecule has 1 aliphatic rings. The third kappa shape index (κ3) is 5.00. The van der Waals surface area contributed by atoms with Gasteiger partial charge in [-0.05, 0) is 36.2 Å². The molecule has 0 radical (unpaired) electrons. The van der Waals surface area contributed by atoms with Crippen molar-refractivity contribution in [2.24, 2.45) is 7.05 Å². The summed E-state index contributed by atoms with van der Waals surface area (Å²) in [6.07, 6.45) is 5.17. The summed E-state index contributed by atoms with van der Waals surface area (Å²) >= 11 is 7.43. The van der Waals surface area contributed by atoms with Gasteiger partial charge in [0.25, 0.3) is 5.91 Å². The van der Waals surface area contributed by atoms with Gasteiger partial charge in [-0.15, -0.1) is 11.3 Å². The van der Waals surface area contributed by atoms with Crippen molar-refractivity contribution >= 4 is 45.0 Å². The highest BCUT2D eigenvalue weighted by Crippen LogP contribution is 2.30. The minimum Gasteiger partial charge on any atom is -0.349 e.